The number of ketones is 1. The normalized spacial score (nSPS) is 20.3. The summed E-state index contributed by atoms with van der Waals surface area (Å²) in [5.41, 5.74) is 1.56. The molecule has 0 aliphatic heterocycles. The molecule has 0 atom stereocenters. The Hall–Kier alpha value is -1.57. The van der Waals surface area contributed by atoms with Crippen molar-refractivity contribution in [2.45, 2.75) is 20.3 Å². The van der Waals surface area contributed by atoms with Crippen LogP contribution in [-0.2, 0) is 4.79 Å². The van der Waals surface area contributed by atoms with Crippen LogP contribution in [0.4, 0.5) is 0 Å². The Balaban J connectivity index is 2.50. The topological polar surface area (TPSA) is 30.2 Å². The second-order valence-electron chi connectivity index (χ2n) is 4.56. The third-order valence-corrected chi connectivity index (χ3v) is 2.79. The van der Waals surface area contributed by atoms with Gasteiger partial charge < -0.3 is 4.42 Å². The highest BCUT2D eigenvalue weighted by molar-refractivity contribution is 6.10. The lowest BCUT2D eigenvalue weighted by Gasteiger charge is -2.30. The van der Waals surface area contributed by atoms with E-state index in [1.165, 1.54) is 0 Å². The van der Waals surface area contributed by atoms with Gasteiger partial charge in [0.25, 0.3) is 0 Å². The van der Waals surface area contributed by atoms with E-state index in [2.05, 4.69) is 20.4 Å². The summed E-state index contributed by atoms with van der Waals surface area (Å²) in [6.45, 7) is 7.97. The molecule has 0 N–H and O–H groups in total. The van der Waals surface area contributed by atoms with Gasteiger partial charge in [0.1, 0.15) is 5.76 Å². The predicted octanol–water partition coefficient (Wildman–Crippen LogP) is 3.22. The van der Waals surface area contributed by atoms with E-state index >= 15 is 0 Å². The molecule has 1 aromatic rings. The fourth-order valence-corrected chi connectivity index (χ4v) is 1.98. The molecule has 15 heavy (non-hydrogen) atoms. The van der Waals surface area contributed by atoms with E-state index in [1.54, 1.807) is 12.3 Å². The predicted molar refractivity (Wildman–Crippen MR) is 59.2 cm³/mol. The van der Waals surface area contributed by atoms with Crippen LogP contribution in [0.1, 0.15) is 26.0 Å². The van der Waals surface area contributed by atoms with Crippen molar-refractivity contribution in [3.63, 3.8) is 0 Å². The van der Waals surface area contributed by atoms with Crippen molar-refractivity contribution in [1.29, 1.82) is 0 Å². The third kappa shape index (κ3) is 1.67. The fraction of sp³-hybridized carbons (Fsp3) is 0.308. The molecular formula is C13H14O2. The number of carbonyl (C=O) groups is 1. The molecule has 1 heterocycles. The van der Waals surface area contributed by atoms with Gasteiger partial charge in [-0.1, -0.05) is 20.4 Å². The molecule has 0 radical (unpaired) electrons. The van der Waals surface area contributed by atoms with E-state index in [1.807, 2.05) is 12.1 Å². The maximum absolute atomic E-state index is 11.6. The van der Waals surface area contributed by atoms with Crippen molar-refractivity contribution in [1.82, 2.24) is 0 Å². The molecule has 0 bridgehead atoms. The second kappa shape index (κ2) is 3.23. The average Bonchev–Trinajstić information content (AvgIpc) is 2.63. The van der Waals surface area contributed by atoms with Crippen LogP contribution in [0.15, 0.2) is 41.0 Å². The van der Waals surface area contributed by atoms with Crippen LogP contribution >= 0.6 is 0 Å². The Morgan fingerprint density at radius 1 is 1.47 bits per heavy atom. The van der Waals surface area contributed by atoms with Crippen LogP contribution in [0.3, 0.4) is 0 Å². The summed E-state index contributed by atoms with van der Waals surface area (Å²) in [5.74, 6) is 0.793. The summed E-state index contributed by atoms with van der Waals surface area (Å²) in [7, 11) is 0. The lowest BCUT2D eigenvalue weighted by molar-refractivity contribution is -0.111. The monoisotopic (exact) mass is 202 g/mol. The van der Waals surface area contributed by atoms with E-state index in [9.17, 15) is 4.79 Å². The third-order valence-electron chi connectivity index (χ3n) is 2.79. The number of furan rings is 1. The van der Waals surface area contributed by atoms with Gasteiger partial charge in [-0.05, 0) is 35.6 Å². The highest BCUT2D eigenvalue weighted by Crippen LogP contribution is 2.43. The van der Waals surface area contributed by atoms with Gasteiger partial charge in [-0.15, -0.1) is 0 Å². The Kier molecular flexibility index (Phi) is 2.14. The van der Waals surface area contributed by atoms with E-state index < -0.39 is 0 Å². The quantitative estimate of drug-likeness (QED) is 0.654. The number of allylic oxidation sites excluding steroid dienone is 3. The molecule has 1 aliphatic rings. The molecule has 0 fully saturated rings. The minimum absolute atomic E-state index is 0.0146. The first-order chi connectivity index (χ1) is 7.00. The maximum atomic E-state index is 11.6. The molecule has 0 aromatic carbocycles. The van der Waals surface area contributed by atoms with Gasteiger partial charge in [0, 0.05) is 5.57 Å². The van der Waals surface area contributed by atoms with Crippen molar-refractivity contribution in [2.24, 2.45) is 5.41 Å². The van der Waals surface area contributed by atoms with E-state index in [0.717, 1.165) is 11.3 Å². The molecular weight excluding hydrogens is 188 g/mol. The summed E-state index contributed by atoms with van der Waals surface area (Å²) in [4.78, 5) is 11.6. The minimum Gasteiger partial charge on any atom is -0.465 e. The number of rotatable bonds is 1. The molecule has 1 aromatic heterocycles. The Morgan fingerprint density at radius 3 is 2.80 bits per heavy atom. The molecule has 78 valence electrons. The molecule has 2 heteroatoms. The average molecular weight is 202 g/mol. The number of carbonyl (C=O) groups excluding carboxylic acids is 1. The first-order valence-corrected chi connectivity index (χ1v) is 4.99. The van der Waals surface area contributed by atoms with Crippen LogP contribution in [-0.4, -0.2) is 5.78 Å². The van der Waals surface area contributed by atoms with E-state index in [0.29, 0.717) is 12.0 Å². The maximum Gasteiger partial charge on any atom is 0.181 e. The Bertz CT molecular complexity index is 433. The van der Waals surface area contributed by atoms with Crippen LogP contribution in [0.25, 0.3) is 5.57 Å². The molecule has 0 saturated heterocycles. The zero-order chi connectivity index (χ0) is 11.1. The number of hydrogen-bond acceptors (Lipinski definition) is 2. The van der Waals surface area contributed by atoms with Crippen LogP contribution in [0.2, 0.25) is 0 Å². The first kappa shape index (κ1) is 9.97. The van der Waals surface area contributed by atoms with Crippen molar-refractivity contribution in [2.75, 3.05) is 0 Å². The molecule has 0 spiro atoms. The first-order valence-electron chi connectivity index (χ1n) is 4.99. The fourth-order valence-electron chi connectivity index (χ4n) is 1.98. The van der Waals surface area contributed by atoms with Crippen LogP contribution < -0.4 is 0 Å². The van der Waals surface area contributed by atoms with Crippen molar-refractivity contribution < 1.29 is 9.21 Å². The molecule has 0 amide bonds. The zero-order valence-corrected chi connectivity index (χ0v) is 9.04. The van der Waals surface area contributed by atoms with Gasteiger partial charge >= 0.3 is 0 Å². The lowest BCUT2D eigenvalue weighted by Crippen LogP contribution is -2.22. The molecule has 2 nitrogen and oxygen atoms in total. The standard InChI is InChI=1S/C13H14O2/c1-9-8-13(2,3)10(7-11(9)14)12-5-4-6-15-12/h4-7H,1,8H2,2-3H3. The molecule has 1 aliphatic carbocycles. The highest BCUT2D eigenvalue weighted by atomic mass is 16.3. The highest BCUT2D eigenvalue weighted by Gasteiger charge is 2.32. The molecule has 2 rings (SSSR count). The summed E-state index contributed by atoms with van der Waals surface area (Å²) in [6.07, 6.45) is 3.96. The number of hydrogen-bond donors (Lipinski definition) is 0. The van der Waals surface area contributed by atoms with Gasteiger partial charge in [0.05, 0.1) is 6.26 Å². The molecule has 0 saturated carbocycles. The van der Waals surface area contributed by atoms with Crippen molar-refractivity contribution in [3.8, 4) is 0 Å². The van der Waals surface area contributed by atoms with Gasteiger partial charge in [0.15, 0.2) is 5.78 Å². The van der Waals surface area contributed by atoms with Gasteiger partial charge in [-0.3, -0.25) is 4.79 Å². The van der Waals surface area contributed by atoms with Gasteiger partial charge in [0.2, 0.25) is 0 Å². The van der Waals surface area contributed by atoms with Crippen LogP contribution in [0, 0.1) is 5.41 Å². The summed E-state index contributed by atoms with van der Waals surface area (Å²) in [6, 6.07) is 3.72. The van der Waals surface area contributed by atoms with Gasteiger partial charge in [-0.25, -0.2) is 0 Å². The smallest absolute Gasteiger partial charge is 0.181 e. The summed E-state index contributed by atoms with van der Waals surface area (Å²) < 4.78 is 5.34. The molecule has 0 unspecified atom stereocenters. The Morgan fingerprint density at radius 2 is 2.20 bits per heavy atom. The Labute approximate surface area is 89.3 Å². The largest absolute Gasteiger partial charge is 0.465 e. The lowest BCUT2D eigenvalue weighted by atomic mass is 9.73. The summed E-state index contributed by atoms with van der Waals surface area (Å²) >= 11 is 0. The van der Waals surface area contributed by atoms with Crippen molar-refractivity contribution in [3.05, 3.63) is 42.4 Å². The van der Waals surface area contributed by atoms with Crippen LogP contribution in [0.5, 0.6) is 0 Å². The van der Waals surface area contributed by atoms with Crippen molar-refractivity contribution >= 4 is 11.4 Å². The van der Waals surface area contributed by atoms with Gasteiger partial charge in [-0.2, -0.15) is 0 Å². The summed E-state index contributed by atoms with van der Waals surface area (Å²) in [5, 5.41) is 0. The SMILES string of the molecule is C=C1CC(C)(C)C(c2ccco2)=CC1=O. The van der Waals surface area contributed by atoms with E-state index in [-0.39, 0.29) is 11.2 Å². The zero-order valence-electron chi connectivity index (χ0n) is 9.04. The van der Waals surface area contributed by atoms with E-state index in [4.69, 9.17) is 4.42 Å². The second-order valence-corrected chi connectivity index (χ2v) is 4.56. The minimum atomic E-state index is -0.0805.